The smallest absolute Gasteiger partial charge is 0.191 e. The second-order valence-electron chi connectivity index (χ2n) is 1.51. The monoisotopic (exact) mass is 119 g/mol. The average molecular weight is 119 g/mol. The van der Waals surface area contributed by atoms with Crippen LogP contribution >= 0.6 is 0 Å². The zero-order valence-electron chi connectivity index (χ0n) is 5.38. The quantitative estimate of drug-likeness (QED) is 0.515. The van der Waals surface area contributed by atoms with Crippen LogP contribution in [0.1, 0.15) is 13.8 Å². The van der Waals surface area contributed by atoms with E-state index in [-0.39, 0.29) is 6.29 Å². The van der Waals surface area contributed by atoms with Gasteiger partial charge in [0.1, 0.15) is 0 Å². The third-order valence-electron chi connectivity index (χ3n) is 0.715. The van der Waals surface area contributed by atoms with Crippen LogP contribution in [0.4, 0.5) is 0 Å². The SMILES string of the molecule is COC(C)OC(C)[O]. The minimum Gasteiger partial charge on any atom is -0.356 e. The fourth-order valence-electron chi connectivity index (χ4n) is 0.325. The molecule has 0 aromatic carbocycles. The Labute approximate surface area is 49.2 Å². The summed E-state index contributed by atoms with van der Waals surface area (Å²) in [6, 6.07) is 0. The lowest BCUT2D eigenvalue weighted by atomic mass is 10.7. The van der Waals surface area contributed by atoms with E-state index in [2.05, 4.69) is 9.47 Å². The van der Waals surface area contributed by atoms with Gasteiger partial charge in [-0.3, -0.25) is 0 Å². The van der Waals surface area contributed by atoms with Crippen molar-refractivity contribution in [1.29, 1.82) is 0 Å². The van der Waals surface area contributed by atoms with Gasteiger partial charge in [0.2, 0.25) is 0 Å². The van der Waals surface area contributed by atoms with Gasteiger partial charge < -0.3 is 9.47 Å². The summed E-state index contributed by atoms with van der Waals surface area (Å²) < 4.78 is 9.26. The van der Waals surface area contributed by atoms with Gasteiger partial charge in [-0.1, -0.05) is 0 Å². The molecule has 0 fully saturated rings. The normalized spacial score (nSPS) is 18.0. The zero-order valence-corrected chi connectivity index (χ0v) is 5.38. The molecule has 3 nitrogen and oxygen atoms in total. The number of hydrogen-bond donors (Lipinski definition) is 0. The maximum absolute atomic E-state index is 10.2. The van der Waals surface area contributed by atoms with Crippen LogP contribution in [0, 0.1) is 0 Å². The van der Waals surface area contributed by atoms with Crippen molar-refractivity contribution in [3.8, 4) is 0 Å². The van der Waals surface area contributed by atoms with Gasteiger partial charge in [0.05, 0.1) is 0 Å². The van der Waals surface area contributed by atoms with Gasteiger partial charge in [-0.2, -0.15) is 0 Å². The Kier molecular flexibility index (Phi) is 3.77. The molecule has 1 radical (unpaired) electrons. The summed E-state index contributed by atoms with van der Waals surface area (Å²) in [6.45, 7) is 3.10. The molecule has 8 heavy (non-hydrogen) atoms. The Morgan fingerprint density at radius 2 is 1.88 bits per heavy atom. The van der Waals surface area contributed by atoms with Crippen LogP contribution in [0.3, 0.4) is 0 Å². The molecule has 0 aliphatic carbocycles. The van der Waals surface area contributed by atoms with E-state index < -0.39 is 6.29 Å². The summed E-state index contributed by atoms with van der Waals surface area (Å²) in [5.41, 5.74) is 0. The Hall–Kier alpha value is -0.120. The molecule has 0 spiro atoms. The van der Waals surface area contributed by atoms with Crippen molar-refractivity contribution in [3.63, 3.8) is 0 Å². The van der Waals surface area contributed by atoms with Gasteiger partial charge in [0, 0.05) is 7.11 Å². The lowest BCUT2D eigenvalue weighted by molar-refractivity contribution is -0.224. The average Bonchev–Trinajstić information content (AvgIpc) is 1.65. The van der Waals surface area contributed by atoms with E-state index in [4.69, 9.17) is 0 Å². The van der Waals surface area contributed by atoms with E-state index in [1.54, 1.807) is 6.92 Å². The first-order valence-electron chi connectivity index (χ1n) is 2.51. The number of hydrogen-bond acceptors (Lipinski definition) is 2. The molecule has 0 saturated carbocycles. The van der Waals surface area contributed by atoms with Crippen molar-refractivity contribution < 1.29 is 14.6 Å². The maximum atomic E-state index is 10.2. The van der Waals surface area contributed by atoms with E-state index in [1.165, 1.54) is 14.0 Å². The van der Waals surface area contributed by atoms with Crippen LogP contribution in [0.5, 0.6) is 0 Å². The maximum Gasteiger partial charge on any atom is 0.191 e. The second-order valence-corrected chi connectivity index (χ2v) is 1.51. The molecule has 49 valence electrons. The third kappa shape index (κ3) is 4.05. The summed E-state index contributed by atoms with van der Waals surface area (Å²) in [4.78, 5) is 0. The topological polar surface area (TPSA) is 38.4 Å². The van der Waals surface area contributed by atoms with Crippen LogP contribution in [0.2, 0.25) is 0 Å². The molecule has 3 heteroatoms. The minimum absolute atomic E-state index is 0.387. The summed E-state index contributed by atoms with van der Waals surface area (Å²) in [6.07, 6.45) is -1.38. The molecular formula is C5H11O3. The highest BCUT2D eigenvalue weighted by molar-refractivity contribution is 4.27. The second kappa shape index (κ2) is 3.83. The first-order chi connectivity index (χ1) is 3.66. The standard InChI is InChI=1S/C5H11O3/c1-4(6)8-5(2)7-3/h4-5H,1-3H3. The van der Waals surface area contributed by atoms with Gasteiger partial charge >= 0.3 is 0 Å². The predicted molar refractivity (Wildman–Crippen MR) is 27.7 cm³/mol. The van der Waals surface area contributed by atoms with Crippen molar-refractivity contribution in [2.24, 2.45) is 0 Å². The molecule has 0 bridgehead atoms. The van der Waals surface area contributed by atoms with Gasteiger partial charge in [0.25, 0.3) is 0 Å². The van der Waals surface area contributed by atoms with Crippen LogP contribution < -0.4 is 0 Å². The van der Waals surface area contributed by atoms with Crippen molar-refractivity contribution >= 4 is 0 Å². The first kappa shape index (κ1) is 7.88. The highest BCUT2D eigenvalue weighted by atomic mass is 16.7. The highest BCUT2D eigenvalue weighted by Gasteiger charge is 2.02. The lowest BCUT2D eigenvalue weighted by Gasteiger charge is -2.10. The first-order valence-corrected chi connectivity index (χ1v) is 2.51. The van der Waals surface area contributed by atoms with Crippen LogP contribution in [-0.2, 0) is 14.6 Å². The van der Waals surface area contributed by atoms with Crippen molar-refractivity contribution in [1.82, 2.24) is 0 Å². The molecule has 0 amide bonds. The molecule has 0 saturated heterocycles. The summed E-state index contributed by atoms with van der Waals surface area (Å²) in [5, 5.41) is 10.2. The van der Waals surface area contributed by atoms with E-state index >= 15 is 0 Å². The molecular weight excluding hydrogens is 108 g/mol. The Bertz CT molecular complexity index is 53.6. The highest BCUT2D eigenvalue weighted by Crippen LogP contribution is 1.94. The largest absolute Gasteiger partial charge is 0.356 e. The molecule has 0 aliphatic heterocycles. The van der Waals surface area contributed by atoms with Crippen LogP contribution in [-0.4, -0.2) is 19.7 Å². The fourth-order valence-corrected chi connectivity index (χ4v) is 0.325. The summed E-state index contributed by atoms with van der Waals surface area (Å²) in [5.74, 6) is 0. The van der Waals surface area contributed by atoms with Crippen molar-refractivity contribution in [3.05, 3.63) is 0 Å². The van der Waals surface area contributed by atoms with Gasteiger partial charge in [-0.25, -0.2) is 5.11 Å². The molecule has 0 N–H and O–H groups in total. The summed E-state index contributed by atoms with van der Waals surface area (Å²) in [7, 11) is 1.49. The summed E-state index contributed by atoms with van der Waals surface area (Å²) >= 11 is 0. The van der Waals surface area contributed by atoms with E-state index in [9.17, 15) is 5.11 Å². The van der Waals surface area contributed by atoms with Crippen LogP contribution in [0.25, 0.3) is 0 Å². The van der Waals surface area contributed by atoms with Gasteiger partial charge in [-0.05, 0) is 13.8 Å². The van der Waals surface area contributed by atoms with Gasteiger partial charge in [-0.15, -0.1) is 0 Å². The Balaban J connectivity index is 3.10. The molecule has 0 rings (SSSR count). The van der Waals surface area contributed by atoms with Gasteiger partial charge in [0.15, 0.2) is 12.6 Å². The molecule has 0 heterocycles. The Morgan fingerprint density at radius 3 is 2.00 bits per heavy atom. The predicted octanol–water partition coefficient (Wildman–Crippen LogP) is 0.772. The lowest BCUT2D eigenvalue weighted by Crippen LogP contribution is -2.16. The van der Waals surface area contributed by atoms with Crippen LogP contribution in [0.15, 0.2) is 0 Å². The number of ether oxygens (including phenoxy) is 2. The molecule has 2 unspecified atom stereocenters. The number of rotatable bonds is 3. The van der Waals surface area contributed by atoms with E-state index in [1.807, 2.05) is 0 Å². The number of methoxy groups -OCH3 is 1. The van der Waals surface area contributed by atoms with E-state index in [0.29, 0.717) is 0 Å². The Morgan fingerprint density at radius 1 is 1.38 bits per heavy atom. The van der Waals surface area contributed by atoms with E-state index in [0.717, 1.165) is 0 Å². The third-order valence-corrected chi connectivity index (χ3v) is 0.715. The molecule has 0 aromatic rings. The van der Waals surface area contributed by atoms with Crippen molar-refractivity contribution in [2.75, 3.05) is 7.11 Å². The van der Waals surface area contributed by atoms with Crippen molar-refractivity contribution in [2.45, 2.75) is 26.4 Å². The minimum atomic E-state index is -0.995. The molecule has 2 atom stereocenters. The molecule has 0 aliphatic rings. The zero-order chi connectivity index (χ0) is 6.57. The molecule has 0 aromatic heterocycles. The fraction of sp³-hybridized carbons (Fsp3) is 1.00.